The lowest BCUT2D eigenvalue weighted by atomic mass is 9.71. The lowest BCUT2D eigenvalue weighted by molar-refractivity contribution is -0.119. The van der Waals surface area contributed by atoms with Crippen LogP contribution in [0.5, 0.6) is 0 Å². The van der Waals surface area contributed by atoms with E-state index in [-0.39, 0.29) is 42.6 Å². The number of hydrogen-bond acceptors (Lipinski definition) is 3. The van der Waals surface area contributed by atoms with E-state index in [4.69, 9.17) is 0 Å². The van der Waals surface area contributed by atoms with Crippen molar-refractivity contribution in [1.29, 1.82) is 0 Å². The molecule has 2 aromatic rings. The first-order chi connectivity index (χ1) is 13.0. The quantitative estimate of drug-likeness (QED) is 0.897. The first-order valence-electron chi connectivity index (χ1n) is 9.25. The summed E-state index contributed by atoms with van der Waals surface area (Å²) in [6.07, 6.45) is 0.397. The van der Waals surface area contributed by atoms with Gasteiger partial charge in [0.05, 0.1) is 6.61 Å². The Morgan fingerprint density at radius 3 is 2.74 bits per heavy atom. The molecule has 2 aliphatic heterocycles. The van der Waals surface area contributed by atoms with E-state index in [1.54, 1.807) is 4.90 Å². The maximum atomic E-state index is 14.1. The fraction of sp³-hybridized carbons (Fsp3) is 0.381. The van der Waals surface area contributed by atoms with Gasteiger partial charge in [0.1, 0.15) is 11.6 Å². The largest absolute Gasteiger partial charge is 0.395 e. The Morgan fingerprint density at radius 2 is 2.00 bits per heavy atom. The number of amides is 1. The maximum Gasteiger partial charge on any atom is 0.226 e. The molecule has 4 nitrogen and oxygen atoms in total. The number of nitrogens with zero attached hydrogens (tertiary/aromatic N) is 2. The van der Waals surface area contributed by atoms with Crippen LogP contribution in [-0.2, 0) is 11.3 Å². The van der Waals surface area contributed by atoms with Crippen molar-refractivity contribution in [2.75, 3.05) is 18.1 Å². The van der Waals surface area contributed by atoms with E-state index in [9.17, 15) is 18.7 Å². The van der Waals surface area contributed by atoms with Gasteiger partial charge >= 0.3 is 0 Å². The second kappa shape index (κ2) is 7.02. The van der Waals surface area contributed by atoms with Crippen molar-refractivity contribution in [3.63, 3.8) is 0 Å². The smallest absolute Gasteiger partial charge is 0.226 e. The minimum atomic E-state index is -0.485. The van der Waals surface area contributed by atoms with Crippen molar-refractivity contribution in [3.8, 4) is 0 Å². The van der Waals surface area contributed by atoms with Crippen molar-refractivity contribution in [3.05, 3.63) is 65.2 Å². The summed E-state index contributed by atoms with van der Waals surface area (Å²) in [6, 6.07) is 11.0. The summed E-state index contributed by atoms with van der Waals surface area (Å²) in [5, 5.41) is 9.95. The molecular formula is C21H22F2N2O2. The highest BCUT2D eigenvalue weighted by Gasteiger charge is 2.53. The third-order valence-electron chi connectivity index (χ3n) is 5.79. The number of para-hydroxylation sites is 1. The zero-order valence-corrected chi connectivity index (χ0v) is 15.1. The Hall–Kier alpha value is -2.31. The van der Waals surface area contributed by atoms with Crippen molar-refractivity contribution in [1.82, 2.24) is 4.90 Å². The molecule has 0 saturated carbocycles. The summed E-state index contributed by atoms with van der Waals surface area (Å²) >= 11 is 0. The normalized spacial score (nSPS) is 24.1. The lowest BCUT2D eigenvalue weighted by Crippen LogP contribution is -2.68. The first-order valence-corrected chi connectivity index (χ1v) is 9.25. The van der Waals surface area contributed by atoms with Crippen LogP contribution < -0.4 is 4.90 Å². The summed E-state index contributed by atoms with van der Waals surface area (Å²) < 4.78 is 27.7. The molecule has 2 heterocycles. The first kappa shape index (κ1) is 18.1. The molecular weight excluding hydrogens is 350 g/mol. The van der Waals surface area contributed by atoms with Gasteiger partial charge in [0.2, 0.25) is 5.91 Å². The number of hydrogen-bond donors (Lipinski definition) is 1. The van der Waals surface area contributed by atoms with Gasteiger partial charge < -0.3 is 10.0 Å². The molecule has 142 valence electrons. The lowest BCUT2D eigenvalue weighted by Gasteiger charge is -2.59. The third kappa shape index (κ3) is 2.93. The van der Waals surface area contributed by atoms with Crippen LogP contribution in [0.1, 0.15) is 30.4 Å². The molecule has 1 N–H and O–H groups in total. The highest BCUT2D eigenvalue weighted by atomic mass is 19.1. The number of fused-ring (bicyclic) bond motifs is 3. The van der Waals surface area contributed by atoms with E-state index < -0.39 is 11.6 Å². The van der Waals surface area contributed by atoms with Crippen LogP contribution in [0.25, 0.3) is 0 Å². The molecule has 3 atom stereocenters. The number of halogens is 2. The molecule has 0 radical (unpaired) electrons. The van der Waals surface area contributed by atoms with E-state index in [1.807, 2.05) is 36.1 Å². The van der Waals surface area contributed by atoms with Crippen LogP contribution in [0.4, 0.5) is 14.5 Å². The average Bonchev–Trinajstić information content (AvgIpc) is 2.68. The molecule has 2 aromatic carbocycles. The number of anilines is 1. The van der Waals surface area contributed by atoms with Crippen LogP contribution in [-0.4, -0.2) is 41.1 Å². The number of aliphatic hydroxyl groups is 1. The van der Waals surface area contributed by atoms with Gasteiger partial charge in [-0.25, -0.2) is 8.78 Å². The number of likely N-dealkylation sites (tertiary alicyclic amines) is 1. The molecule has 6 heteroatoms. The molecule has 0 aliphatic carbocycles. The second-order valence-electron chi connectivity index (χ2n) is 7.17. The van der Waals surface area contributed by atoms with Gasteiger partial charge in [-0.1, -0.05) is 25.1 Å². The molecule has 27 heavy (non-hydrogen) atoms. The monoisotopic (exact) mass is 372 g/mol. The van der Waals surface area contributed by atoms with Gasteiger partial charge in [-0.2, -0.15) is 0 Å². The second-order valence-corrected chi connectivity index (χ2v) is 7.17. The predicted octanol–water partition coefficient (Wildman–Crippen LogP) is 3.05. The molecule has 0 aromatic heterocycles. The Balaban J connectivity index is 1.68. The van der Waals surface area contributed by atoms with Crippen LogP contribution in [0.3, 0.4) is 0 Å². The summed E-state index contributed by atoms with van der Waals surface area (Å²) in [7, 11) is 0. The molecule has 1 fully saturated rings. The predicted molar refractivity (Wildman–Crippen MR) is 98.4 cm³/mol. The van der Waals surface area contributed by atoms with Crippen LogP contribution in [0.2, 0.25) is 0 Å². The van der Waals surface area contributed by atoms with Crippen LogP contribution in [0.15, 0.2) is 42.5 Å². The van der Waals surface area contributed by atoms with Crippen molar-refractivity contribution in [2.24, 2.45) is 0 Å². The van der Waals surface area contributed by atoms with E-state index >= 15 is 0 Å². The topological polar surface area (TPSA) is 43.8 Å². The Labute approximate surface area is 157 Å². The van der Waals surface area contributed by atoms with Gasteiger partial charge in [-0.15, -0.1) is 0 Å². The Morgan fingerprint density at radius 1 is 1.22 bits per heavy atom. The summed E-state index contributed by atoms with van der Waals surface area (Å²) in [5.74, 6) is -0.844. The zero-order valence-electron chi connectivity index (χ0n) is 15.1. The van der Waals surface area contributed by atoms with E-state index in [2.05, 4.69) is 0 Å². The Bertz CT molecular complexity index is 873. The molecule has 1 saturated heterocycles. The number of aliphatic hydroxyl groups excluding tert-OH is 1. The fourth-order valence-corrected chi connectivity index (χ4v) is 4.49. The van der Waals surface area contributed by atoms with E-state index in [0.29, 0.717) is 13.0 Å². The van der Waals surface area contributed by atoms with Crippen molar-refractivity contribution < 1.29 is 18.7 Å². The van der Waals surface area contributed by atoms with Gasteiger partial charge in [0.25, 0.3) is 0 Å². The number of carbonyl (C=O) groups is 1. The summed E-state index contributed by atoms with van der Waals surface area (Å²) in [4.78, 5) is 16.2. The van der Waals surface area contributed by atoms with E-state index in [0.717, 1.165) is 23.4 Å². The minimum absolute atomic E-state index is 0.0322. The van der Waals surface area contributed by atoms with Gasteiger partial charge in [0.15, 0.2) is 0 Å². The Kier molecular flexibility index (Phi) is 4.70. The molecule has 0 bridgehead atoms. The maximum absolute atomic E-state index is 14.1. The van der Waals surface area contributed by atoms with Crippen molar-refractivity contribution in [2.45, 2.75) is 37.9 Å². The number of rotatable bonds is 4. The summed E-state index contributed by atoms with van der Waals surface area (Å²) in [5.41, 5.74) is 2.19. The number of carbonyl (C=O) groups excluding carboxylic acids is 1. The SMILES string of the molecule is CCC(=O)N1C[C@H]2[C@@H](c3ccccc31)[C@@H](CO)N2Cc1cc(F)ccc1F. The van der Waals surface area contributed by atoms with Gasteiger partial charge in [0, 0.05) is 48.8 Å². The van der Waals surface area contributed by atoms with Gasteiger partial charge in [-0.05, 0) is 29.8 Å². The standard InChI is InChI=1S/C21H22F2N2O2/c1-2-20(27)25-11-18-21(15-5-3-4-6-17(15)25)19(12-26)24(18)10-13-9-14(22)7-8-16(13)23/h3-9,18-19,21,26H,2,10-12H2,1H3/t18-,19+,21+/m0/s1. The highest BCUT2D eigenvalue weighted by Crippen LogP contribution is 2.48. The van der Waals surface area contributed by atoms with Crippen LogP contribution in [0, 0.1) is 11.6 Å². The molecule has 1 amide bonds. The third-order valence-corrected chi connectivity index (χ3v) is 5.79. The summed E-state index contributed by atoms with van der Waals surface area (Å²) in [6.45, 7) is 2.44. The highest BCUT2D eigenvalue weighted by molar-refractivity contribution is 5.95. The van der Waals surface area contributed by atoms with E-state index in [1.165, 1.54) is 6.07 Å². The van der Waals surface area contributed by atoms with Crippen LogP contribution >= 0.6 is 0 Å². The number of benzene rings is 2. The zero-order chi connectivity index (χ0) is 19.1. The molecule has 4 rings (SSSR count). The molecule has 2 aliphatic rings. The molecule has 0 spiro atoms. The fourth-order valence-electron chi connectivity index (χ4n) is 4.49. The van der Waals surface area contributed by atoms with Crippen molar-refractivity contribution >= 4 is 11.6 Å². The average molecular weight is 372 g/mol. The van der Waals surface area contributed by atoms with Gasteiger partial charge in [-0.3, -0.25) is 9.69 Å². The minimum Gasteiger partial charge on any atom is -0.395 e. The molecule has 0 unspecified atom stereocenters.